The number of carboxylic acids is 1. The van der Waals surface area contributed by atoms with E-state index < -0.39 is 23.6 Å². The summed E-state index contributed by atoms with van der Waals surface area (Å²) in [7, 11) is 1.66. The van der Waals surface area contributed by atoms with Crippen molar-refractivity contribution in [2.24, 2.45) is 0 Å². The van der Waals surface area contributed by atoms with Gasteiger partial charge in [-0.2, -0.15) is 0 Å². The van der Waals surface area contributed by atoms with Gasteiger partial charge >= 0.3 is 12.0 Å². The van der Waals surface area contributed by atoms with Crippen molar-refractivity contribution in [3.63, 3.8) is 0 Å². The van der Waals surface area contributed by atoms with Crippen molar-refractivity contribution in [2.75, 3.05) is 13.6 Å². The molecular weight excluding hydrogens is 262 g/mol. The second-order valence-electron chi connectivity index (χ2n) is 5.38. The minimum Gasteiger partial charge on any atom is -0.481 e. The molecule has 1 fully saturated rings. The second-order valence-corrected chi connectivity index (χ2v) is 5.38. The van der Waals surface area contributed by atoms with Crippen molar-refractivity contribution in [1.29, 1.82) is 0 Å². The molecule has 1 atom stereocenters. The largest absolute Gasteiger partial charge is 0.481 e. The van der Waals surface area contributed by atoms with Gasteiger partial charge in [0.05, 0.1) is 12.0 Å². The lowest BCUT2D eigenvalue weighted by Crippen LogP contribution is -2.59. The molecule has 1 rings (SSSR count). The molecule has 20 heavy (non-hydrogen) atoms. The van der Waals surface area contributed by atoms with E-state index in [-0.39, 0.29) is 12.3 Å². The van der Waals surface area contributed by atoms with Gasteiger partial charge in [0.15, 0.2) is 0 Å². The zero-order chi connectivity index (χ0) is 15.3. The molecule has 1 aliphatic carbocycles. The van der Waals surface area contributed by atoms with Crippen molar-refractivity contribution in [3.8, 4) is 0 Å². The van der Waals surface area contributed by atoms with Gasteiger partial charge in [-0.05, 0) is 33.1 Å². The van der Waals surface area contributed by atoms with Gasteiger partial charge in [-0.25, -0.2) is 4.79 Å². The second kappa shape index (κ2) is 6.58. The fraction of sp³-hybridized carbons (Fsp3) is 0.769. The fourth-order valence-corrected chi connectivity index (χ4v) is 2.26. The Bertz CT molecular complexity index is 393. The van der Waals surface area contributed by atoms with Crippen LogP contribution in [0.4, 0.5) is 4.79 Å². The lowest BCUT2D eigenvalue weighted by Gasteiger charge is -2.41. The molecule has 1 aliphatic rings. The summed E-state index contributed by atoms with van der Waals surface area (Å²) in [4.78, 5) is 36.0. The summed E-state index contributed by atoms with van der Waals surface area (Å²) in [6.45, 7) is 4.02. The topological polar surface area (TPSA) is 98.7 Å². The predicted octanol–water partition coefficient (Wildman–Crippen LogP) is 0.550. The summed E-state index contributed by atoms with van der Waals surface area (Å²) in [5.41, 5.74) is -0.657. The van der Waals surface area contributed by atoms with Gasteiger partial charge in [0.1, 0.15) is 6.04 Å². The molecule has 0 spiro atoms. The Hall–Kier alpha value is -1.79. The summed E-state index contributed by atoms with van der Waals surface area (Å²) in [6.07, 6.45) is 2.13. The quantitative estimate of drug-likeness (QED) is 0.663. The molecule has 3 amide bonds. The molecule has 0 saturated heterocycles. The van der Waals surface area contributed by atoms with Gasteiger partial charge in [-0.1, -0.05) is 0 Å². The predicted molar refractivity (Wildman–Crippen MR) is 73.3 cm³/mol. The van der Waals surface area contributed by atoms with Crippen LogP contribution in [-0.4, -0.2) is 53.1 Å². The number of hydrogen-bond donors (Lipinski definition) is 3. The van der Waals surface area contributed by atoms with Crippen molar-refractivity contribution < 1.29 is 19.5 Å². The standard InChI is InChI=1S/C13H23N3O4/c1-4-16(3)11(19)9(2)14-12(20)15-13(6-5-7-13)8-10(17)18/h9H,4-8H2,1-3H3,(H,17,18)(H2,14,15,20). The number of likely N-dealkylation sites (N-methyl/N-ethyl adjacent to an activating group) is 1. The summed E-state index contributed by atoms with van der Waals surface area (Å²) in [5.74, 6) is -1.11. The highest BCUT2D eigenvalue weighted by atomic mass is 16.4. The number of nitrogens with zero attached hydrogens (tertiary/aromatic N) is 1. The number of carbonyl (C=O) groups excluding carboxylic acids is 2. The number of urea groups is 1. The normalized spacial score (nSPS) is 17.6. The van der Waals surface area contributed by atoms with Crippen LogP contribution in [0.1, 0.15) is 39.5 Å². The molecule has 0 aromatic heterocycles. The molecule has 3 N–H and O–H groups in total. The van der Waals surface area contributed by atoms with Crippen LogP contribution in [0.3, 0.4) is 0 Å². The van der Waals surface area contributed by atoms with Gasteiger partial charge in [-0.15, -0.1) is 0 Å². The first-order chi connectivity index (χ1) is 9.29. The third-order valence-electron chi connectivity index (χ3n) is 3.75. The zero-order valence-electron chi connectivity index (χ0n) is 12.2. The molecule has 0 radical (unpaired) electrons. The van der Waals surface area contributed by atoms with E-state index in [2.05, 4.69) is 10.6 Å². The Kier molecular flexibility index (Phi) is 5.35. The maximum atomic E-state index is 11.9. The highest BCUT2D eigenvalue weighted by Gasteiger charge is 2.40. The van der Waals surface area contributed by atoms with E-state index in [1.807, 2.05) is 6.92 Å². The van der Waals surface area contributed by atoms with E-state index in [1.165, 1.54) is 4.90 Å². The minimum absolute atomic E-state index is 0.0857. The molecule has 7 heteroatoms. The van der Waals surface area contributed by atoms with Crippen molar-refractivity contribution in [2.45, 2.75) is 51.1 Å². The first-order valence-electron chi connectivity index (χ1n) is 6.85. The van der Waals surface area contributed by atoms with Crippen LogP contribution in [0.5, 0.6) is 0 Å². The number of nitrogens with one attached hydrogen (secondary N) is 2. The van der Waals surface area contributed by atoms with Gasteiger partial charge in [0.2, 0.25) is 5.91 Å². The van der Waals surface area contributed by atoms with Gasteiger partial charge in [0, 0.05) is 13.6 Å². The van der Waals surface area contributed by atoms with Crippen LogP contribution in [0.2, 0.25) is 0 Å². The molecule has 1 unspecified atom stereocenters. The molecule has 0 heterocycles. The Morgan fingerprint density at radius 2 is 1.95 bits per heavy atom. The fourth-order valence-electron chi connectivity index (χ4n) is 2.26. The average molecular weight is 285 g/mol. The number of carbonyl (C=O) groups is 3. The van der Waals surface area contributed by atoms with Gasteiger partial charge in [-0.3, -0.25) is 9.59 Å². The molecule has 7 nitrogen and oxygen atoms in total. The summed E-state index contributed by atoms with van der Waals surface area (Å²) in [5, 5.41) is 14.1. The molecule has 114 valence electrons. The first kappa shape index (κ1) is 16.3. The minimum atomic E-state index is -0.931. The summed E-state index contributed by atoms with van der Waals surface area (Å²) >= 11 is 0. The Morgan fingerprint density at radius 3 is 2.35 bits per heavy atom. The van der Waals surface area contributed by atoms with Gasteiger partial charge in [0.25, 0.3) is 0 Å². The van der Waals surface area contributed by atoms with Crippen LogP contribution < -0.4 is 10.6 Å². The third-order valence-corrected chi connectivity index (χ3v) is 3.75. The molecule has 1 saturated carbocycles. The van der Waals surface area contributed by atoms with E-state index in [4.69, 9.17) is 5.11 Å². The molecular formula is C13H23N3O4. The maximum absolute atomic E-state index is 11.9. The van der Waals surface area contributed by atoms with Crippen LogP contribution in [0, 0.1) is 0 Å². The maximum Gasteiger partial charge on any atom is 0.315 e. The molecule has 0 aliphatic heterocycles. The van der Waals surface area contributed by atoms with E-state index in [9.17, 15) is 14.4 Å². The number of carboxylic acid groups (broad SMARTS) is 1. The lowest BCUT2D eigenvalue weighted by molar-refractivity contribution is -0.139. The van der Waals surface area contributed by atoms with Crippen molar-refractivity contribution in [1.82, 2.24) is 15.5 Å². The monoisotopic (exact) mass is 285 g/mol. The SMILES string of the molecule is CCN(C)C(=O)C(C)NC(=O)NC1(CC(=O)O)CCC1. The van der Waals surface area contributed by atoms with Crippen molar-refractivity contribution >= 4 is 17.9 Å². The van der Waals surface area contributed by atoms with Crippen LogP contribution in [0.25, 0.3) is 0 Å². The third kappa shape index (κ3) is 4.11. The van der Waals surface area contributed by atoms with Crippen LogP contribution in [-0.2, 0) is 9.59 Å². The number of hydrogen-bond acceptors (Lipinski definition) is 3. The van der Waals surface area contributed by atoms with E-state index in [0.29, 0.717) is 19.4 Å². The lowest BCUT2D eigenvalue weighted by atomic mass is 9.74. The van der Waals surface area contributed by atoms with E-state index >= 15 is 0 Å². The van der Waals surface area contributed by atoms with E-state index in [1.54, 1.807) is 14.0 Å². The Labute approximate surface area is 118 Å². The number of rotatable bonds is 6. The van der Waals surface area contributed by atoms with Crippen LogP contribution >= 0.6 is 0 Å². The molecule has 0 bridgehead atoms. The first-order valence-corrected chi connectivity index (χ1v) is 6.85. The zero-order valence-corrected chi connectivity index (χ0v) is 12.2. The van der Waals surface area contributed by atoms with Crippen LogP contribution in [0.15, 0.2) is 0 Å². The molecule has 0 aromatic carbocycles. The average Bonchev–Trinajstić information content (AvgIpc) is 2.33. The highest BCUT2D eigenvalue weighted by molar-refractivity contribution is 5.87. The van der Waals surface area contributed by atoms with E-state index in [0.717, 1.165) is 6.42 Å². The smallest absolute Gasteiger partial charge is 0.315 e. The highest BCUT2D eigenvalue weighted by Crippen LogP contribution is 2.34. The number of aliphatic carboxylic acids is 1. The summed E-state index contributed by atoms with van der Waals surface area (Å²) < 4.78 is 0. The Balaban J connectivity index is 2.50. The number of amides is 3. The summed E-state index contributed by atoms with van der Waals surface area (Å²) in [6, 6.07) is -1.13. The molecule has 0 aromatic rings. The Morgan fingerprint density at radius 1 is 1.35 bits per heavy atom. The van der Waals surface area contributed by atoms with Crippen molar-refractivity contribution in [3.05, 3.63) is 0 Å². The van der Waals surface area contributed by atoms with Gasteiger partial charge < -0.3 is 20.6 Å².